The molecule has 3 rings (SSSR count). The average Bonchev–Trinajstić information content (AvgIpc) is 2.91. The summed E-state index contributed by atoms with van der Waals surface area (Å²) in [6.07, 6.45) is 4.62. The largest absolute Gasteiger partial charge is 0.339 e. The molecule has 4 nitrogen and oxygen atoms in total. The Hall–Kier alpha value is -1.75. The lowest BCUT2D eigenvalue weighted by Gasteiger charge is -2.22. The van der Waals surface area contributed by atoms with Gasteiger partial charge in [-0.1, -0.05) is 17.3 Å². The minimum absolute atomic E-state index is 0.235. The van der Waals surface area contributed by atoms with Crippen LogP contribution in [0.2, 0.25) is 0 Å². The van der Waals surface area contributed by atoms with Crippen molar-refractivity contribution in [3.8, 4) is 0 Å². The number of rotatable bonds is 3. The Morgan fingerprint density at radius 1 is 1.15 bits per heavy atom. The van der Waals surface area contributed by atoms with Crippen LogP contribution in [-0.4, -0.2) is 16.2 Å². The van der Waals surface area contributed by atoms with E-state index in [-0.39, 0.29) is 5.82 Å². The number of hydrogen-bond donors (Lipinski definition) is 1. The highest BCUT2D eigenvalue weighted by Gasteiger charge is 2.24. The van der Waals surface area contributed by atoms with Gasteiger partial charge < -0.3 is 10.3 Å². The molecule has 0 unspecified atom stereocenters. The van der Waals surface area contributed by atoms with E-state index in [1.807, 2.05) is 0 Å². The molecule has 1 aromatic carbocycles. The van der Waals surface area contributed by atoms with Gasteiger partial charge in [-0.3, -0.25) is 0 Å². The summed E-state index contributed by atoms with van der Waals surface area (Å²) >= 11 is 0. The second kappa shape index (κ2) is 5.71. The van der Waals surface area contributed by atoms with E-state index >= 15 is 0 Å². The summed E-state index contributed by atoms with van der Waals surface area (Å²) in [4.78, 5) is 4.46. The zero-order valence-electron chi connectivity index (χ0n) is 11.3. The minimum Gasteiger partial charge on any atom is -0.339 e. The first-order valence-corrected chi connectivity index (χ1v) is 7.03. The first-order valence-electron chi connectivity index (χ1n) is 7.03. The zero-order chi connectivity index (χ0) is 13.9. The molecule has 2 aromatic rings. The summed E-state index contributed by atoms with van der Waals surface area (Å²) in [5.74, 6) is 1.47. The van der Waals surface area contributed by atoms with Crippen LogP contribution in [0.5, 0.6) is 0 Å². The third-order valence-electron chi connectivity index (χ3n) is 3.88. The van der Waals surface area contributed by atoms with Crippen molar-refractivity contribution in [1.29, 1.82) is 0 Å². The molecule has 0 bridgehead atoms. The van der Waals surface area contributed by atoms with Crippen molar-refractivity contribution >= 4 is 0 Å². The van der Waals surface area contributed by atoms with Gasteiger partial charge in [0, 0.05) is 18.4 Å². The molecule has 0 aliphatic heterocycles. The Kier molecular flexibility index (Phi) is 3.78. The fraction of sp³-hybridized carbons (Fsp3) is 0.467. The molecule has 106 valence electrons. The fourth-order valence-electron chi connectivity index (χ4n) is 2.66. The summed E-state index contributed by atoms with van der Waals surface area (Å²) < 4.78 is 18.2. The number of halogens is 1. The van der Waals surface area contributed by atoms with Gasteiger partial charge in [-0.2, -0.15) is 4.98 Å². The molecule has 0 saturated heterocycles. The lowest BCUT2D eigenvalue weighted by atomic mass is 9.86. The van der Waals surface area contributed by atoms with Gasteiger partial charge in [0.05, 0.1) is 0 Å². The van der Waals surface area contributed by atoms with Gasteiger partial charge in [0.1, 0.15) is 5.82 Å². The first-order chi connectivity index (χ1) is 9.70. The second-order valence-electron chi connectivity index (χ2n) is 5.46. The average molecular weight is 275 g/mol. The predicted molar refractivity (Wildman–Crippen MR) is 72.7 cm³/mol. The van der Waals surface area contributed by atoms with Gasteiger partial charge in [-0.25, -0.2) is 4.39 Å². The molecular weight excluding hydrogens is 257 g/mol. The van der Waals surface area contributed by atoms with Gasteiger partial charge in [-0.15, -0.1) is 0 Å². The smallest absolute Gasteiger partial charge is 0.229 e. The van der Waals surface area contributed by atoms with E-state index in [1.165, 1.54) is 12.1 Å². The fourth-order valence-corrected chi connectivity index (χ4v) is 2.66. The predicted octanol–water partition coefficient (Wildman–Crippen LogP) is 2.78. The summed E-state index contributed by atoms with van der Waals surface area (Å²) in [6.45, 7) is 0. The molecule has 0 atom stereocenters. The van der Waals surface area contributed by atoms with E-state index < -0.39 is 0 Å². The SMILES string of the molecule is NC1CCC(c2nc(Cc3ccc(F)cc3)no2)CC1. The third-order valence-corrected chi connectivity index (χ3v) is 3.88. The number of nitrogens with two attached hydrogens (primary N) is 1. The molecule has 1 aromatic heterocycles. The van der Waals surface area contributed by atoms with Crippen LogP contribution >= 0.6 is 0 Å². The molecular formula is C15H18FN3O. The van der Waals surface area contributed by atoms with Crippen molar-refractivity contribution in [3.05, 3.63) is 47.4 Å². The highest BCUT2D eigenvalue weighted by atomic mass is 19.1. The van der Waals surface area contributed by atoms with Gasteiger partial charge in [-0.05, 0) is 43.4 Å². The lowest BCUT2D eigenvalue weighted by Crippen LogP contribution is -2.25. The highest BCUT2D eigenvalue weighted by molar-refractivity contribution is 5.19. The lowest BCUT2D eigenvalue weighted by molar-refractivity contribution is 0.300. The Balaban J connectivity index is 1.66. The monoisotopic (exact) mass is 275 g/mol. The van der Waals surface area contributed by atoms with Gasteiger partial charge in [0.25, 0.3) is 0 Å². The molecule has 20 heavy (non-hydrogen) atoms. The van der Waals surface area contributed by atoms with E-state index in [0.717, 1.165) is 31.2 Å². The molecule has 1 fully saturated rings. The topological polar surface area (TPSA) is 64.9 Å². The Bertz CT molecular complexity index is 559. The third kappa shape index (κ3) is 3.04. The first kappa shape index (κ1) is 13.2. The van der Waals surface area contributed by atoms with Crippen LogP contribution in [0.1, 0.15) is 48.9 Å². The molecule has 1 saturated carbocycles. The second-order valence-corrected chi connectivity index (χ2v) is 5.46. The summed E-state index contributed by atoms with van der Waals surface area (Å²) in [6, 6.07) is 6.68. The summed E-state index contributed by atoms with van der Waals surface area (Å²) in [5.41, 5.74) is 6.87. The normalized spacial score (nSPS) is 22.9. The van der Waals surface area contributed by atoms with Crippen molar-refractivity contribution in [1.82, 2.24) is 10.1 Å². The standard InChI is InChI=1S/C15H18FN3O/c16-12-5-1-10(2-6-12)9-14-18-15(20-19-14)11-3-7-13(17)8-4-11/h1-2,5-6,11,13H,3-4,7-9,17H2. The van der Waals surface area contributed by atoms with Crippen LogP contribution in [0.4, 0.5) is 4.39 Å². The maximum atomic E-state index is 12.8. The van der Waals surface area contributed by atoms with Crippen LogP contribution < -0.4 is 5.73 Å². The molecule has 5 heteroatoms. The molecule has 0 spiro atoms. The van der Waals surface area contributed by atoms with Crippen LogP contribution in [-0.2, 0) is 6.42 Å². The maximum absolute atomic E-state index is 12.8. The number of hydrogen-bond acceptors (Lipinski definition) is 4. The zero-order valence-corrected chi connectivity index (χ0v) is 11.3. The van der Waals surface area contributed by atoms with Crippen molar-refractivity contribution in [3.63, 3.8) is 0 Å². The number of aromatic nitrogens is 2. The Labute approximate surface area is 117 Å². The van der Waals surface area contributed by atoms with E-state index in [2.05, 4.69) is 10.1 Å². The Morgan fingerprint density at radius 2 is 1.85 bits per heavy atom. The minimum atomic E-state index is -0.235. The Morgan fingerprint density at radius 3 is 2.55 bits per heavy atom. The molecule has 1 aliphatic carbocycles. The van der Waals surface area contributed by atoms with Crippen molar-refractivity contribution < 1.29 is 8.91 Å². The molecule has 0 amide bonds. The van der Waals surface area contributed by atoms with E-state index in [1.54, 1.807) is 12.1 Å². The van der Waals surface area contributed by atoms with E-state index in [9.17, 15) is 4.39 Å². The summed E-state index contributed by atoms with van der Waals surface area (Å²) in [5, 5.41) is 4.02. The molecule has 0 radical (unpaired) electrons. The van der Waals surface area contributed by atoms with Crippen LogP contribution in [0, 0.1) is 5.82 Å². The quantitative estimate of drug-likeness (QED) is 0.935. The molecule has 1 aliphatic rings. The van der Waals surface area contributed by atoms with E-state index in [4.69, 9.17) is 10.3 Å². The number of benzene rings is 1. The highest BCUT2D eigenvalue weighted by Crippen LogP contribution is 2.31. The van der Waals surface area contributed by atoms with E-state index in [0.29, 0.717) is 30.1 Å². The molecule has 2 N–H and O–H groups in total. The summed E-state index contributed by atoms with van der Waals surface area (Å²) in [7, 11) is 0. The van der Waals surface area contributed by atoms with Crippen molar-refractivity contribution in [2.24, 2.45) is 5.73 Å². The van der Waals surface area contributed by atoms with Gasteiger partial charge >= 0.3 is 0 Å². The maximum Gasteiger partial charge on any atom is 0.229 e. The van der Waals surface area contributed by atoms with Gasteiger partial charge in [0.15, 0.2) is 5.82 Å². The van der Waals surface area contributed by atoms with Crippen molar-refractivity contribution in [2.75, 3.05) is 0 Å². The van der Waals surface area contributed by atoms with Crippen molar-refractivity contribution in [2.45, 2.75) is 44.1 Å². The van der Waals surface area contributed by atoms with Crippen LogP contribution in [0.25, 0.3) is 0 Å². The van der Waals surface area contributed by atoms with Crippen LogP contribution in [0.3, 0.4) is 0 Å². The van der Waals surface area contributed by atoms with Gasteiger partial charge in [0.2, 0.25) is 5.89 Å². The molecule has 1 heterocycles. The van der Waals surface area contributed by atoms with Crippen LogP contribution in [0.15, 0.2) is 28.8 Å². The number of nitrogens with zero attached hydrogens (tertiary/aromatic N) is 2.